The predicted octanol–water partition coefficient (Wildman–Crippen LogP) is 2.87. The first kappa shape index (κ1) is 21.1. The van der Waals surface area contributed by atoms with Crippen molar-refractivity contribution >= 4 is 22.8 Å². The average Bonchev–Trinajstić information content (AvgIpc) is 3.21. The van der Waals surface area contributed by atoms with Crippen LogP contribution in [0.15, 0.2) is 47.8 Å². The van der Waals surface area contributed by atoms with Crippen molar-refractivity contribution in [3.05, 3.63) is 48.4 Å². The Morgan fingerprint density at radius 3 is 2.81 bits per heavy atom. The van der Waals surface area contributed by atoms with Crippen LogP contribution in [0.4, 0.5) is 5.82 Å². The molecular formula is C23H32N8. The molecule has 1 fully saturated rings. The molecule has 1 aliphatic heterocycles. The number of nitrogens with zero attached hydrogens (tertiary/aromatic N) is 6. The zero-order valence-corrected chi connectivity index (χ0v) is 18.6. The molecular weight excluding hydrogens is 388 g/mol. The van der Waals surface area contributed by atoms with Crippen LogP contribution in [-0.4, -0.2) is 63.8 Å². The minimum absolute atomic E-state index is 0.627. The third kappa shape index (κ3) is 4.62. The van der Waals surface area contributed by atoms with Crippen molar-refractivity contribution < 1.29 is 0 Å². The summed E-state index contributed by atoms with van der Waals surface area (Å²) in [5, 5.41) is 12.1. The van der Waals surface area contributed by atoms with Gasteiger partial charge in [0, 0.05) is 40.3 Å². The van der Waals surface area contributed by atoms with Crippen LogP contribution in [0, 0.1) is 5.92 Å². The Hall–Kier alpha value is -3.16. The van der Waals surface area contributed by atoms with E-state index in [-0.39, 0.29) is 0 Å². The molecule has 0 saturated carbocycles. The van der Waals surface area contributed by atoms with E-state index < -0.39 is 0 Å². The number of nitrogens with one attached hydrogen (secondary N) is 2. The number of rotatable bonds is 6. The van der Waals surface area contributed by atoms with Gasteiger partial charge in [-0.1, -0.05) is 43.7 Å². The summed E-state index contributed by atoms with van der Waals surface area (Å²) < 4.78 is 1.76. The molecule has 1 saturated heterocycles. The molecule has 2 N–H and O–H groups in total. The van der Waals surface area contributed by atoms with Gasteiger partial charge in [-0.25, -0.2) is 9.97 Å². The van der Waals surface area contributed by atoms with Gasteiger partial charge in [0.25, 0.3) is 0 Å². The monoisotopic (exact) mass is 420 g/mol. The zero-order valence-electron chi connectivity index (χ0n) is 18.6. The summed E-state index contributed by atoms with van der Waals surface area (Å²) in [7, 11) is 3.75. The molecule has 164 valence electrons. The SMILES string of the molecule is CCC1CN(C(=NC)NCCNc2ncnc3c2cnn3C)CCC1c1ccccc1. The molecule has 0 bridgehead atoms. The lowest BCUT2D eigenvalue weighted by Gasteiger charge is -2.40. The fourth-order valence-electron chi connectivity index (χ4n) is 4.57. The van der Waals surface area contributed by atoms with Gasteiger partial charge in [-0.3, -0.25) is 9.67 Å². The van der Waals surface area contributed by atoms with Crippen molar-refractivity contribution in [1.82, 2.24) is 30.0 Å². The normalized spacial score (nSPS) is 19.6. The van der Waals surface area contributed by atoms with Gasteiger partial charge in [-0.05, 0) is 23.8 Å². The minimum atomic E-state index is 0.627. The molecule has 0 aliphatic carbocycles. The maximum Gasteiger partial charge on any atom is 0.193 e. The van der Waals surface area contributed by atoms with Gasteiger partial charge >= 0.3 is 0 Å². The summed E-state index contributed by atoms with van der Waals surface area (Å²) in [6.07, 6.45) is 5.69. The first-order valence-corrected chi connectivity index (χ1v) is 11.1. The van der Waals surface area contributed by atoms with Gasteiger partial charge in [0.2, 0.25) is 0 Å². The molecule has 8 nitrogen and oxygen atoms in total. The molecule has 1 aliphatic rings. The van der Waals surface area contributed by atoms with Crippen LogP contribution in [0.5, 0.6) is 0 Å². The number of guanidine groups is 1. The van der Waals surface area contributed by atoms with Crippen molar-refractivity contribution in [2.45, 2.75) is 25.7 Å². The number of fused-ring (bicyclic) bond motifs is 1. The van der Waals surface area contributed by atoms with E-state index in [1.54, 1.807) is 17.2 Å². The number of likely N-dealkylation sites (tertiary alicyclic amines) is 1. The van der Waals surface area contributed by atoms with E-state index >= 15 is 0 Å². The maximum atomic E-state index is 4.54. The second-order valence-corrected chi connectivity index (χ2v) is 8.05. The van der Waals surface area contributed by atoms with Crippen LogP contribution in [-0.2, 0) is 7.05 Å². The lowest BCUT2D eigenvalue weighted by molar-refractivity contribution is 0.216. The Morgan fingerprint density at radius 2 is 2.03 bits per heavy atom. The minimum Gasteiger partial charge on any atom is -0.368 e. The Balaban J connectivity index is 1.31. The lowest BCUT2D eigenvalue weighted by Crippen LogP contribution is -2.49. The number of anilines is 1. The van der Waals surface area contributed by atoms with Crippen molar-refractivity contribution in [2.24, 2.45) is 18.0 Å². The number of benzene rings is 1. The van der Waals surface area contributed by atoms with Gasteiger partial charge < -0.3 is 15.5 Å². The second-order valence-electron chi connectivity index (χ2n) is 8.05. The highest BCUT2D eigenvalue weighted by Crippen LogP contribution is 2.34. The highest BCUT2D eigenvalue weighted by Gasteiger charge is 2.30. The third-order valence-electron chi connectivity index (χ3n) is 6.23. The molecule has 1 aromatic carbocycles. The second kappa shape index (κ2) is 9.76. The van der Waals surface area contributed by atoms with Crippen LogP contribution in [0.1, 0.15) is 31.2 Å². The van der Waals surface area contributed by atoms with E-state index in [4.69, 9.17) is 0 Å². The van der Waals surface area contributed by atoms with E-state index in [1.807, 2.05) is 14.1 Å². The van der Waals surface area contributed by atoms with Crippen LogP contribution in [0.3, 0.4) is 0 Å². The van der Waals surface area contributed by atoms with Crippen LogP contribution >= 0.6 is 0 Å². The smallest absolute Gasteiger partial charge is 0.193 e. The van der Waals surface area contributed by atoms with Crippen molar-refractivity contribution in [3.63, 3.8) is 0 Å². The molecule has 3 heterocycles. The van der Waals surface area contributed by atoms with E-state index in [0.717, 1.165) is 55.4 Å². The number of hydrogen-bond acceptors (Lipinski definition) is 5. The predicted molar refractivity (Wildman–Crippen MR) is 125 cm³/mol. The molecule has 0 radical (unpaired) electrons. The quantitative estimate of drug-likeness (QED) is 0.362. The summed E-state index contributed by atoms with van der Waals surface area (Å²) in [6.45, 7) is 5.84. The van der Waals surface area contributed by atoms with Gasteiger partial charge in [-0.2, -0.15) is 5.10 Å². The van der Waals surface area contributed by atoms with Crippen molar-refractivity contribution in [1.29, 1.82) is 0 Å². The van der Waals surface area contributed by atoms with E-state index in [1.165, 1.54) is 12.0 Å². The Kier molecular flexibility index (Phi) is 6.64. The highest BCUT2D eigenvalue weighted by molar-refractivity contribution is 5.86. The molecule has 2 aromatic heterocycles. The molecule has 0 spiro atoms. The standard InChI is InChI=1S/C23H32N8/c1-4-17-15-31(13-10-19(17)18-8-6-5-7-9-18)23(24-2)26-12-11-25-21-20-14-29-30(3)22(20)28-16-27-21/h5-9,14,16-17,19H,4,10-13,15H2,1-3H3,(H,24,26)(H,25,27,28). The van der Waals surface area contributed by atoms with Crippen LogP contribution in [0.2, 0.25) is 0 Å². The topological polar surface area (TPSA) is 83.3 Å². The number of piperidine rings is 1. The van der Waals surface area contributed by atoms with E-state index in [2.05, 4.69) is 72.8 Å². The summed E-state index contributed by atoms with van der Waals surface area (Å²) >= 11 is 0. The van der Waals surface area contributed by atoms with Gasteiger partial charge in [0.05, 0.1) is 11.6 Å². The number of aryl methyl sites for hydroxylation is 1. The summed E-state index contributed by atoms with van der Waals surface area (Å²) in [6, 6.07) is 10.9. The first-order valence-electron chi connectivity index (χ1n) is 11.1. The molecule has 2 atom stereocenters. The molecule has 8 heteroatoms. The lowest BCUT2D eigenvalue weighted by atomic mass is 9.79. The molecule has 2 unspecified atom stereocenters. The van der Waals surface area contributed by atoms with Crippen LogP contribution < -0.4 is 10.6 Å². The van der Waals surface area contributed by atoms with E-state index in [0.29, 0.717) is 11.8 Å². The molecule has 31 heavy (non-hydrogen) atoms. The van der Waals surface area contributed by atoms with E-state index in [9.17, 15) is 0 Å². The Labute approximate surface area is 183 Å². The average molecular weight is 421 g/mol. The number of hydrogen-bond donors (Lipinski definition) is 2. The highest BCUT2D eigenvalue weighted by atomic mass is 15.3. The summed E-state index contributed by atoms with van der Waals surface area (Å²) in [5.74, 6) is 3.04. The Bertz CT molecular complexity index is 1010. The number of aromatic nitrogens is 4. The third-order valence-corrected chi connectivity index (χ3v) is 6.23. The number of aliphatic imine (C=N–C) groups is 1. The van der Waals surface area contributed by atoms with Crippen molar-refractivity contribution in [3.8, 4) is 0 Å². The van der Waals surface area contributed by atoms with Crippen molar-refractivity contribution in [2.75, 3.05) is 38.5 Å². The largest absolute Gasteiger partial charge is 0.368 e. The fourth-order valence-corrected chi connectivity index (χ4v) is 4.57. The Morgan fingerprint density at radius 1 is 1.19 bits per heavy atom. The molecule has 3 aromatic rings. The molecule has 0 amide bonds. The summed E-state index contributed by atoms with van der Waals surface area (Å²) in [4.78, 5) is 15.6. The van der Waals surface area contributed by atoms with Gasteiger partial charge in [0.1, 0.15) is 12.1 Å². The van der Waals surface area contributed by atoms with Crippen LogP contribution in [0.25, 0.3) is 11.0 Å². The van der Waals surface area contributed by atoms with Gasteiger partial charge in [-0.15, -0.1) is 0 Å². The maximum absolute atomic E-state index is 4.54. The van der Waals surface area contributed by atoms with Gasteiger partial charge in [0.15, 0.2) is 11.6 Å². The summed E-state index contributed by atoms with van der Waals surface area (Å²) in [5.41, 5.74) is 2.29. The first-order chi connectivity index (χ1) is 15.2. The zero-order chi connectivity index (χ0) is 21.6. The fraction of sp³-hybridized carbons (Fsp3) is 0.478. The molecule has 4 rings (SSSR count).